The molecule has 6 heteroatoms. The first-order valence-electron chi connectivity index (χ1n) is 6.96. The van der Waals surface area contributed by atoms with Gasteiger partial charge in [-0.2, -0.15) is 0 Å². The molecule has 0 aromatic rings. The highest BCUT2D eigenvalue weighted by atomic mass is 32.2. The molecule has 0 fully saturated rings. The fraction of sp³-hybridized carbons (Fsp3) is 0.846. The van der Waals surface area contributed by atoms with E-state index >= 15 is 0 Å². The molecule has 0 aromatic carbocycles. The SMILES string of the molecule is CCCCN(SC)C(=O)N(CCCC)C(=N)OCC. The largest absolute Gasteiger partial charge is 0.465 e. The average Bonchev–Trinajstić information content (AvgIpc) is 2.40. The van der Waals surface area contributed by atoms with Crippen LogP contribution in [0.2, 0.25) is 0 Å². The number of carbonyl (C=O) groups excluding carboxylic acids is 1. The molecule has 0 heterocycles. The third-order valence-corrected chi connectivity index (χ3v) is 3.42. The Morgan fingerprint density at radius 2 is 1.74 bits per heavy atom. The molecule has 19 heavy (non-hydrogen) atoms. The van der Waals surface area contributed by atoms with Crippen LogP contribution >= 0.6 is 11.9 Å². The van der Waals surface area contributed by atoms with E-state index < -0.39 is 0 Å². The molecule has 0 saturated heterocycles. The third-order valence-electron chi connectivity index (χ3n) is 2.64. The third kappa shape index (κ3) is 6.71. The van der Waals surface area contributed by atoms with E-state index in [4.69, 9.17) is 10.1 Å². The lowest BCUT2D eigenvalue weighted by Gasteiger charge is -2.28. The van der Waals surface area contributed by atoms with Crippen molar-refractivity contribution in [2.45, 2.75) is 46.5 Å². The standard InChI is InChI=1S/C13H27N3O2S/c1-5-8-10-15(12(14)18-7-3)13(17)16(19-4)11-9-6-2/h14H,5-11H2,1-4H3. The summed E-state index contributed by atoms with van der Waals surface area (Å²) >= 11 is 1.41. The summed E-state index contributed by atoms with van der Waals surface area (Å²) < 4.78 is 6.87. The molecule has 0 atom stereocenters. The number of amidine groups is 1. The molecular formula is C13H27N3O2S. The smallest absolute Gasteiger partial charge is 0.338 e. The van der Waals surface area contributed by atoms with Gasteiger partial charge in [-0.3, -0.25) is 9.71 Å². The first kappa shape index (κ1) is 18.1. The molecule has 0 radical (unpaired) electrons. The Balaban J connectivity index is 4.69. The van der Waals surface area contributed by atoms with Crippen LogP contribution in [0, 0.1) is 5.41 Å². The van der Waals surface area contributed by atoms with Gasteiger partial charge >= 0.3 is 6.03 Å². The van der Waals surface area contributed by atoms with Crippen molar-refractivity contribution >= 4 is 24.0 Å². The number of nitrogens with zero attached hydrogens (tertiary/aromatic N) is 2. The van der Waals surface area contributed by atoms with Crippen molar-refractivity contribution in [3.63, 3.8) is 0 Å². The number of amides is 2. The van der Waals surface area contributed by atoms with Crippen LogP contribution in [0.1, 0.15) is 46.5 Å². The van der Waals surface area contributed by atoms with Crippen LogP contribution in [0.15, 0.2) is 0 Å². The molecule has 1 N–H and O–H groups in total. The molecule has 0 unspecified atom stereocenters. The summed E-state index contributed by atoms with van der Waals surface area (Å²) in [6, 6.07) is -0.190. The number of urea groups is 1. The van der Waals surface area contributed by atoms with E-state index in [-0.39, 0.29) is 12.1 Å². The average molecular weight is 289 g/mol. The van der Waals surface area contributed by atoms with Crippen molar-refractivity contribution in [1.82, 2.24) is 9.21 Å². The van der Waals surface area contributed by atoms with Crippen LogP contribution in [0.4, 0.5) is 4.79 Å². The summed E-state index contributed by atoms with van der Waals surface area (Å²) in [4.78, 5) is 13.8. The minimum absolute atomic E-state index is 0.0449. The zero-order valence-corrected chi connectivity index (χ0v) is 13.4. The van der Waals surface area contributed by atoms with Crippen LogP contribution in [0.25, 0.3) is 0 Å². The number of rotatable bonds is 8. The van der Waals surface area contributed by atoms with Crippen molar-refractivity contribution in [1.29, 1.82) is 5.41 Å². The van der Waals surface area contributed by atoms with Gasteiger partial charge in [0, 0.05) is 19.3 Å². The monoisotopic (exact) mass is 289 g/mol. The fourth-order valence-electron chi connectivity index (χ4n) is 1.52. The molecule has 0 rings (SSSR count). The highest BCUT2D eigenvalue weighted by Crippen LogP contribution is 2.13. The van der Waals surface area contributed by atoms with E-state index in [2.05, 4.69) is 13.8 Å². The molecule has 0 aliphatic carbocycles. The Kier molecular flexibility index (Phi) is 10.4. The van der Waals surface area contributed by atoms with Gasteiger partial charge in [-0.05, 0) is 31.7 Å². The second-order valence-electron chi connectivity index (χ2n) is 4.16. The Morgan fingerprint density at radius 3 is 2.21 bits per heavy atom. The van der Waals surface area contributed by atoms with Crippen molar-refractivity contribution < 1.29 is 9.53 Å². The molecule has 0 bridgehead atoms. The molecule has 5 nitrogen and oxygen atoms in total. The summed E-state index contributed by atoms with van der Waals surface area (Å²) in [6.45, 7) is 7.63. The van der Waals surface area contributed by atoms with E-state index in [0.29, 0.717) is 19.7 Å². The minimum atomic E-state index is -0.146. The summed E-state index contributed by atoms with van der Waals surface area (Å²) in [7, 11) is 0. The summed E-state index contributed by atoms with van der Waals surface area (Å²) in [5.74, 6) is 0. The molecule has 0 aromatic heterocycles. The molecule has 0 aliphatic rings. The normalized spacial score (nSPS) is 10.1. The van der Waals surface area contributed by atoms with E-state index in [1.165, 1.54) is 16.8 Å². The summed E-state index contributed by atoms with van der Waals surface area (Å²) in [6.07, 6.45) is 5.75. The molecule has 0 aliphatic heterocycles. The lowest BCUT2D eigenvalue weighted by atomic mass is 10.3. The molecular weight excluding hydrogens is 262 g/mol. The van der Waals surface area contributed by atoms with E-state index in [9.17, 15) is 4.79 Å². The maximum absolute atomic E-state index is 12.4. The maximum atomic E-state index is 12.4. The van der Waals surface area contributed by atoms with Crippen LogP contribution in [-0.2, 0) is 4.74 Å². The van der Waals surface area contributed by atoms with Crippen LogP contribution in [0.5, 0.6) is 0 Å². The minimum Gasteiger partial charge on any atom is -0.465 e. The maximum Gasteiger partial charge on any atom is 0.338 e. The Morgan fingerprint density at radius 1 is 1.16 bits per heavy atom. The van der Waals surface area contributed by atoms with Gasteiger partial charge in [0.15, 0.2) is 0 Å². The van der Waals surface area contributed by atoms with E-state index in [1.54, 1.807) is 4.31 Å². The number of ether oxygens (including phenoxy) is 1. The first-order chi connectivity index (χ1) is 9.12. The van der Waals surface area contributed by atoms with Crippen molar-refractivity contribution in [2.24, 2.45) is 0 Å². The van der Waals surface area contributed by atoms with Gasteiger partial charge in [-0.15, -0.1) is 0 Å². The molecule has 112 valence electrons. The predicted molar refractivity (Wildman–Crippen MR) is 81.5 cm³/mol. The highest BCUT2D eigenvalue weighted by Gasteiger charge is 2.24. The van der Waals surface area contributed by atoms with Gasteiger partial charge in [-0.1, -0.05) is 26.7 Å². The van der Waals surface area contributed by atoms with Crippen molar-refractivity contribution in [2.75, 3.05) is 26.0 Å². The number of unbranched alkanes of at least 4 members (excludes halogenated alkanes) is 2. The second-order valence-corrected chi connectivity index (χ2v) is 4.97. The van der Waals surface area contributed by atoms with E-state index in [0.717, 1.165) is 25.7 Å². The first-order valence-corrected chi connectivity index (χ1v) is 8.14. The number of nitrogens with one attached hydrogen (secondary N) is 1. The molecule has 0 saturated carbocycles. The van der Waals surface area contributed by atoms with Gasteiger partial charge < -0.3 is 4.74 Å². The van der Waals surface area contributed by atoms with Crippen LogP contribution in [-0.4, -0.2) is 47.2 Å². The summed E-state index contributed by atoms with van der Waals surface area (Å²) in [5.41, 5.74) is 0. The quantitative estimate of drug-likeness (QED) is 0.422. The zero-order chi connectivity index (χ0) is 14.7. The number of hydrogen-bond donors (Lipinski definition) is 1. The van der Waals surface area contributed by atoms with Gasteiger partial charge in [0.2, 0.25) is 0 Å². The van der Waals surface area contributed by atoms with Crippen LogP contribution in [0.3, 0.4) is 0 Å². The fourth-order valence-corrected chi connectivity index (χ4v) is 2.08. The predicted octanol–water partition coefficient (Wildman–Crippen LogP) is 3.56. The van der Waals surface area contributed by atoms with Gasteiger partial charge in [-0.25, -0.2) is 9.69 Å². The van der Waals surface area contributed by atoms with Crippen LogP contribution < -0.4 is 0 Å². The molecule has 2 amide bonds. The van der Waals surface area contributed by atoms with E-state index in [1.807, 2.05) is 13.2 Å². The topological polar surface area (TPSA) is 56.6 Å². The lowest BCUT2D eigenvalue weighted by Crippen LogP contribution is -2.45. The van der Waals surface area contributed by atoms with Crippen molar-refractivity contribution in [3.8, 4) is 0 Å². The van der Waals surface area contributed by atoms with Gasteiger partial charge in [0.25, 0.3) is 6.02 Å². The number of carbonyl (C=O) groups is 1. The second kappa shape index (κ2) is 11.0. The van der Waals surface area contributed by atoms with Gasteiger partial charge in [0.05, 0.1) is 6.61 Å². The zero-order valence-electron chi connectivity index (χ0n) is 12.6. The highest BCUT2D eigenvalue weighted by molar-refractivity contribution is 7.96. The summed E-state index contributed by atoms with van der Waals surface area (Å²) in [5, 5.41) is 7.85. The lowest BCUT2D eigenvalue weighted by molar-refractivity contribution is 0.184. The Labute approximate surface area is 121 Å². The Hall–Kier alpha value is -0.910. The van der Waals surface area contributed by atoms with Crippen molar-refractivity contribution in [3.05, 3.63) is 0 Å². The molecule has 0 spiro atoms. The Bertz CT molecular complexity index is 275. The number of hydrogen-bond acceptors (Lipinski definition) is 4. The van der Waals surface area contributed by atoms with Gasteiger partial charge in [0.1, 0.15) is 0 Å².